The van der Waals surface area contributed by atoms with Gasteiger partial charge in [-0.25, -0.2) is 26.6 Å². The van der Waals surface area contributed by atoms with Gasteiger partial charge in [0.25, 0.3) is 24.0 Å². The quantitative estimate of drug-likeness (QED) is 0.540. The maximum atomic E-state index is 14.7. The maximum absolute atomic E-state index is 14.7. The molecule has 1 aliphatic rings. The molecule has 0 amide bonds. The Morgan fingerprint density at radius 2 is 1.85 bits per heavy atom. The Morgan fingerprint density at radius 3 is 2.47 bits per heavy atom. The standard InChI is InChI=1S/C22H21F5N4O3/c1-11(12-4-3-5-13(17(12)23)18(24)25)28-19-15-9-31(22(21(26)27)6-7-34-10-22)16(32)8-14(15)20(33)30(2)29-19/h3-5,8-9,11,18,21H,6-7,10H2,1-2H3,(H,28,29)/t11?,22-/m1/s1. The van der Waals surface area contributed by atoms with Crippen LogP contribution in [0, 0.1) is 5.82 Å². The predicted octanol–water partition coefficient (Wildman–Crippen LogP) is 3.73. The Bertz CT molecular complexity index is 1350. The number of nitrogens with one attached hydrogen (secondary N) is 1. The van der Waals surface area contributed by atoms with Crippen LogP contribution in [0.1, 0.15) is 36.9 Å². The Balaban J connectivity index is 1.87. The third-order valence-corrected chi connectivity index (χ3v) is 6.11. The van der Waals surface area contributed by atoms with E-state index in [1.54, 1.807) is 0 Å². The second-order valence-electron chi connectivity index (χ2n) is 8.21. The van der Waals surface area contributed by atoms with Crippen LogP contribution in [0.3, 0.4) is 0 Å². The number of ether oxygens (including phenoxy) is 1. The van der Waals surface area contributed by atoms with E-state index in [0.717, 1.165) is 27.6 Å². The van der Waals surface area contributed by atoms with Gasteiger partial charge < -0.3 is 14.6 Å². The first-order valence-electron chi connectivity index (χ1n) is 10.4. The van der Waals surface area contributed by atoms with Crippen molar-refractivity contribution >= 4 is 16.6 Å². The molecule has 0 aliphatic carbocycles. The van der Waals surface area contributed by atoms with E-state index >= 15 is 0 Å². The lowest BCUT2D eigenvalue weighted by molar-refractivity contribution is -0.00484. The molecule has 1 aromatic carbocycles. The third-order valence-electron chi connectivity index (χ3n) is 6.11. The largest absolute Gasteiger partial charge is 0.379 e. The minimum atomic E-state index is -3.02. The van der Waals surface area contributed by atoms with Gasteiger partial charge in [0.05, 0.1) is 23.6 Å². The van der Waals surface area contributed by atoms with Crippen LogP contribution in [-0.4, -0.2) is 34.0 Å². The van der Waals surface area contributed by atoms with Crippen LogP contribution in [0.4, 0.5) is 27.8 Å². The molecule has 2 aromatic heterocycles. The third kappa shape index (κ3) is 3.85. The second-order valence-corrected chi connectivity index (χ2v) is 8.21. The van der Waals surface area contributed by atoms with Gasteiger partial charge in [0.1, 0.15) is 11.4 Å². The number of pyridine rings is 1. The van der Waals surface area contributed by atoms with Gasteiger partial charge in [-0.2, -0.15) is 5.10 Å². The minimum Gasteiger partial charge on any atom is -0.379 e. The lowest BCUT2D eigenvalue weighted by Crippen LogP contribution is -2.47. The normalized spacial score (nSPS) is 19.3. The van der Waals surface area contributed by atoms with E-state index in [1.807, 2.05) is 0 Å². The van der Waals surface area contributed by atoms with Gasteiger partial charge in [-0.3, -0.25) is 9.59 Å². The van der Waals surface area contributed by atoms with Crippen molar-refractivity contribution in [1.29, 1.82) is 0 Å². The van der Waals surface area contributed by atoms with Crippen LogP contribution in [0.15, 0.2) is 40.1 Å². The number of benzene rings is 1. The van der Waals surface area contributed by atoms with Gasteiger partial charge in [-0.1, -0.05) is 18.2 Å². The molecule has 0 spiro atoms. The van der Waals surface area contributed by atoms with Gasteiger partial charge in [0.15, 0.2) is 5.82 Å². The molecule has 1 fully saturated rings. The molecule has 4 rings (SSSR count). The van der Waals surface area contributed by atoms with Crippen LogP contribution >= 0.6 is 0 Å². The van der Waals surface area contributed by atoms with E-state index in [9.17, 15) is 31.5 Å². The molecule has 3 heterocycles. The van der Waals surface area contributed by atoms with Crippen molar-refractivity contribution in [3.63, 3.8) is 0 Å². The zero-order chi connectivity index (χ0) is 24.8. The van der Waals surface area contributed by atoms with Gasteiger partial charge in [-0.05, 0) is 6.92 Å². The first-order chi connectivity index (χ1) is 16.1. The number of aryl methyl sites for hydroxylation is 1. The molecule has 1 unspecified atom stereocenters. The van der Waals surface area contributed by atoms with E-state index in [4.69, 9.17) is 4.74 Å². The summed E-state index contributed by atoms with van der Waals surface area (Å²) in [5.74, 6) is -1.10. The lowest BCUT2D eigenvalue weighted by atomic mass is 9.98. The summed E-state index contributed by atoms with van der Waals surface area (Å²) < 4.78 is 75.9. The number of fused-ring (bicyclic) bond motifs is 1. The number of alkyl halides is 4. The molecule has 1 saturated heterocycles. The number of halogens is 5. The van der Waals surface area contributed by atoms with E-state index in [1.165, 1.54) is 26.1 Å². The molecule has 0 radical (unpaired) electrons. The molecule has 3 aromatic rings. The molecule has 34 heavy (non-hydrogen) atoms. The first kappa shape index (κ1) is 23.9. The van der Waals surface area contributed by atoms with Crippen LogP contribution < -0.4 is 16.4 Å². The number of nitrogens with zero attached hydrogens (tertiary/aromatic N) is 3. The van der Waals surface area contributed by atoms with Crippen LogP contribution in [0.5, 0.6) is 0 Å². The summed E-state index contributed by atoms with van der Waals surface area (Å²) in [4.78, 5) is 25.4. The smallest absolute Gasteiger partial charge is 0.274 e. The van der Waals surface area contributed by atoms with E-state index in [-0.39, 0.29) is 41.8 Å². The number of anilines is 1. The second kappa shape index (κ2) is 8.82. The Morgan fingerprint density at radius 1 is 1.15 bits per heavy atom. The highest BCUT2D eigenvalue weighted by Crippen LogP contribution is 2.34. The average Bonchev–Trinajstić information content (AvgIpc) is 3.28. The van der Waals surface area contributed by atoms with Crippen molar-refractivity contribution in [3.8, 4) is 0 Å². The fraction of sp³-hybridized carbons (Fsp3) is 0.409. The monoisotopic (exact) mass is 484 g/mol. The molecule has 1 N–H and O–H groups in total. The number of hydrogen-bond acceptors (Lipinski definition) is 5. The predicted molar refractivity (Wildman–Crippen MR) is 114 cm³/mol. The summed E-state index contributed by atoms with van der Waals surface area (Å²) in [6.45, 7) is 1.14. The molecular weight excluding hydrogens is 463 g/mol. The number of aromatic nitrogens is 3. The van der Waals surface area contributed by atoms with Gasteiger partial charge >= 0.3 is 0 Å². The van der Waals surface area contributed by atoms with Crippen LogP contribution in [0.2, 0.25) is 0 Å². The van der Waals surface area contributed by atoms with Crippen LogP contribution in [0.25, 0.3) is 10.8 Å². The van der Waals surface area contributed by atoms with E-state index in [2.05, 4.69) is 10.4 Å². The highest BCUT2D eigenvalue weighted by atomic mass is 19.3. The molecule has 1 aliphatic heterocycles. The summed E-state index contributed by atoms with van der Waals surface area (Å²) in [5.41, 5.74) is -4.21. The molecule has 0 bridgehead atoms. The van der Waals surface area contributed by atoms with Crippen molar-refractivity contribution in [1.82, 2.24) is 14.3 Å². The van der Waals surface area contributed by atoms with Crippen molar-refractivity contribution in [2.24, 2.45) is 7.05 Å². The maximum Gasteiger partial charge on any atom is 0.274 e. The molecule has 12 heteroatoms. The zero-order valence-corrected chi connectivity index (χ0v) is 18.2. The SMILES string of the molecule is CC(Nc1nn(C)c(=O)c2cc(=O)n([C@]3(C(F)F)CCOC3)cc12)c1cccc(C(F)F)c1F. The minimum absolute atomic E-state index is 0.0106. The summed E-state index contributed by atoms with van der Waals surface area (Å²) >= 11 is 0. The highest BCUT2D eigenvalue weighted by Gasteiger charge is 2.46. The van der Waals surface area contributed by atoms with Gasteiger partial charge in [0, 0.05) is 43.3 Å². The van der Waals surface area contributed by atoms with Crippen molar-refractivity contribution < 1.29 is 26.7 Å². The van der Waals surface area contributed by atoms with Gasteiger partial charge in [-0.15, -0.1) is 0 Å². The van der Waals surface area contributed by atoms with Crippen molar-refractivity contribution in [3.05, 3.63) is 68.1 Å². The molecule has 0 saturated carbocycles. The Kier molecular flexibility index (Phi) is 6.19. The van der Waals surface area contributed by atoms with E-state index < -0.39 is 46.9 Å². The molecule has 7 nitrogen and oxygen atoms in total. The Hall–Kier alpha value is -3.28. The zero-order valence-electron chi connectivity index (χ0n) is 18.2. The summed E-state index contributed by atoms with van der Waals surface area (Å²) in [6.07, 6.45) is -4.93. The fourth-order valence-corrected chi connectivity index (χ4v) is 4.17. The average molecular weight is 484 g/mol. The van der Waals surface area contributed by atoms with Gasteiger partial charge in [0.2, 0.25) is 0 Å². The van der Waals surface area contributed by atoms with Crippen molar-refractivity contribution in [2.45, 2.75) is 37.8 Å². The molecule has 2 atom stereocenters. The number of hydrogen-bond donors (Lipinski definition) is 1. The van der Waals surface area contributed by atoms with E-state index in [0.29, 0.717) is 0 Å². The summed E-state index contributed by atoms with van der Waals surface area (Å²) in [6, 6.07) is 3.64. The molecule has 182 valence electrons. The Labute approximate surface area is 189 Å². The lowest BCUT2D eigenvalue weighted by Gasteiger charge is -2.29. The highest BCUT2D eigenvalue weighted by molar-refractivity contribution is 5.90. The fourth-order valence-electron chi connectivity index (χ4n) is 4.17. The van der Waals surface area contributed by atoms with Crippen molar-refractivity contribution in [2.75, 3.05) is 18.5 Å². The van der Waals surface area contributed by atoms with Crippen LogP contribution in [-0.2, 0) is 17.3 Å². The topological polar surface area (TPSA) is 78.2 Å². The number of rotatable bonds is 6. The summed E-state index contributed by atoms with van der Waals surface area (Å²) in [5, 5.41) is 6.94. The first-order valence-corrected chi connectivity index (χ1v) is 10.4. The summed E-state index contributed by atoms with van der Waals surface area (Å²) in [7, 11) is 1.33. The molecular formula is C22H21F5N4O3.